The molecule has 0 amide bonds. The second kappa shape index (κ2) is 11.7. The van der Waals surface area contributed by atoms with Crippen molar-refractivity contribution >= 4 is 34.0 Å². The van der Waals surface area contributed by atoms with Crippen LogP contribution in [0.5, 0.6) is 11.5 Å². The van der Waals surface area contributed by atoms with Crippen molar-refractivity contribution in [3.63, 3.8) is 0 Å². The lowest BCUT2D eigenvalue weighted by atomic mass is 10.1. The van der Waals surface area contributed by atoms with Gasteiger partial charge in [0.05, 0.1) is 19.2 Å². The number of aromatic nitrogens is 3. The maximum absolute atomic E-state index is 6.01. The predicted octanol–water partition coefficient (Wildman–Crippen LogP) is 5.78. The quantitative estimate of drug-likeness (QED) is 0.274. The summed E-state index contributed by atoms with van der Waals surface area (Å²) in [7, 11) is 1.65. The lowest BCUT2D eigenvalue weighted by Gasteiger charge is -2.26. The fourth-order valence-corrected chi connectivity index (χ4v) is 4.43. The van der Waals surface area contributed by atoms with E-state index in [1.165, 1.54) is 32.4 Å². The van der Waals surface area contributed by atoms with Crippen LogP contribution in [0.15, 0.2) is 67.0 Å². The lowest BCUT2D eigenvalue weighted by molar-refractivity contribution is 0.203. The molecule has 0 radical (unpaired) electrons. The molecule has 1 aliphatic heterocycles. The molecule has 1 saturated heterocycles. The van der Waals surface area contributed by atoms with E-state index in [-0.39, 0.29) is 0 Å². The second-order valence-electron chi connectivity index (χ2n) is 8.90. The van der Waals surface area contributed by atoms with Gasteiger partial charge in [-0.25, -0.2) is 4.98 Å². The number of benzene rings is 2. The van der Waals surface area contributed by atoms with E-state index in [4.69, 9.17) is 9.47 Å². The van der Waals surface area contributed by atoms with Crippen molar-refractivity contribution in [3.8, 4) is 11.5 Å². The highest BCUT2D eigenvalue weighted by atomic mass is 16.5. The van der Waals surface area contributed by atoms with Gasteiger partial charge in [0, 0.05) is 41.8 Å². The minimum absolute atomic E-state index is 0.483. The summed E-state index contributed by atoms with van der Waals surface area (Å²) in [5, 5.41) is 7.68. The molecule has 2 aromatic carbocycles. The van der Waals surface area contributed by atoms with Crippen LogP contribution in [0.1, 0.15) is 25.7 Å². The zero-order chi connectivity index (χ0) is 24.6. The number of piperidine rings is 1. The minimum Gasteiger partial charge on any atom is -0.493 e. The fraction of sp³-hybridized carbons (Fsp3) is 0.321. The molecule has 0 atom stereocenters. The van der Waals surface area contributed by atoms with Gasteiger partial charge in [0.25, 0.3) is 0 Å². The Kier molecular flexibility index (Phi) is 7.73. The van der Waals surface area contributed by atoms with E-state index in [0.29, 0.717) is 24.1 Å². The first-order valence-corrected chi connectivity index (χ1v) is 12.5. The predicted molar refractivity (Wildman–Crippen MR) is 144 cm³/mol. The van der Waals surface area contributed by atoms with Gasteiger partial charge in [-0.1, -0.05) is 18.6 Å². The number of ether oxygens (including phenoxy) is 2. The Balaban J connectivity index is 1.19. The Hall–Kier alpha value is -3.91. The molecule has 36 heavy (non-hydrogen) atoms. The Morgan fingerprint density at radius 3 is 2.61 bits per heavy atom. The number of anilines is 4. The zero-order valence-corrected chi connectivity index (χ0v) is 20.6. The molecular weight excluding hydrogens is 452 g/mol. The molecule has 8 nitrogen and oxygen atoms in total. The Labute approximate surface area is 211 Å². The third kappa shape index (κ3) is 6.20. The molecule has 8 heteroatoms. The van der Waals surface area contributed by atoms with Gasteiger partial charge in [-0.2, -0.15) is 4.98 Å². The number of hydrogen-bond donors (Lipinski definition) is 2. The zero-order valence-electron chi connectivity index (χ0n) is 20.6. The molecule has 0 aliphatic carbocycles. The Bertz CT molecular complexity index is 1290. The molecule has 0 saturated carbocycles. The lowest BCUT2D eigenvalue weighted by Crippen LogP contribution is -2.31. The molecule has 1 fully saturated rings. The first-order valence-electron chi connectivity index (χ1n) is 12.5. The molecule has 4 aromatic rings. The van der Waals surface area contributed by atoms with E-state index in [0.717, 1.165) is 41.0 Å². The minimum atomic E-state index is 0.483. The van der Waals surface area contributed by atoms with Crippen molar-refractivity contribution in [2.45, 2.75) is 25.7 Å². The maximum atomic E-state index is 6.01. The summed E-state index contributed by atoms with van der Waals surface area (Å²) in [6, 6.07) is 17.6. The van der Waals surface area contributed by atoms with Gasteiger partial charge >= 0.3 is 0 Å². The highest BCUT2D eigenvalue weighted by Gasteiger charge is 2.11. The monoisotopic (exact) mass is 484 g/mol. The van der Waals surface area contributed by atoms with E-state index >= 15 is 0 Å². The maximum Gasteiger partial charge on any atom is 0.229 e. The van der Waals surface area contributed by atoms with Gasteiger partial charge in [-0.15, -0.1) is 0 Å². The van der Waals surface area contributed by atoms with Gasteiger partial charge in [-0.3, -0.25) is 4.98 Å². The summed E-state index contributed by atoms with van der Waals surface area (Å²) in [5.41, 5.74) is 2.66. The van der Waals surface area contributed by atoms with Crippen LogP contribution in [0.4, 0.5) is 23.1 Å². The smallest absolute Gasteiger partial charge is 0.229 e. The normalized spacial score (nSPS) is 13.9. The fourth-order valence-electron chi connectivity index (χ4n) is 4.43. The van der Waals surface area contributed by atoms with Gasteiger partial charge in [0.2, 0.25) is 5.95 Å². The van der Waals surface area contributed by atoms with Crippen molar-refractivity contribution < 1.29 is 9.47 Å². The van der Waals surface area contributed by atoms with E-state index < -0.39 is 0 Å². The average molecular weight is 485 g/mol. The molecule has 186 valence electrons. The number of methoxy groups -OCH3 is 1. The molecule has 2 aromatic heterocycles. The Morgan fingerprint density at radius 2 is 1.72 bits per heavy atom. The molecule has 5 rings (SSSR count). The molecule has 0 bridgehead atoms. The highest BCUT2D eigenvalue weighted by Crippen LogP contribution is 2.31. The number of rotatable bonds is 10. The van der Waals surface area contributed by atoms with Crippen molar-refractivity contribution in [2.75, 3.05) is 44.0 Å². The highest BCUT2D eigenvalue weighted by molar-refractivity contribution is 5.82. The summed E-state index contributed by atoms with van der Waals surface area (Å²) in [4.78, 5) is 15.9. The number of fused-ring (bicyclic) bond motifs is 1. The Morgan fingerprint density at radius 1 is 0.861 bits per heavy atom. The summed E-state index contributed by atoms with van der Waals surface area (Å²) in [6.45, 7) is 4.17. The first kappa shape index (κ1) is 23.8. The summed E-state index contributed by atoms with van der Waals surface area (Å²) in [6.07, 6.45) is 8.50. The van der Waals surface area contributed by atoms with E-state index in [1.807, 2.05) is 54.6 Å². The van der Waals surface area contributed by atoms with E-state index in [9.17, 15) is 0 Å². The van der Waals surface area contributed by atoms with Crippen LogP contribution in [0.25, 0.3) is 10.9 Å². The largest absolute Gasteiger partial charge is 0.493 e. The third-order valence-corrected chi connectivity index (χ3v) is 6.28. The van der Waals surface area contributed by atoms with Crippen molar-refractivity contribution in [1.82, 2.24) is 19.9 Å². The van der Waals surface area contributed by atoms with Crippen molar-refractivity contribution in [3.05, 3.63) is 67.0 Å². The summed E-state index contributed by atoms with van der Waals surface area (Å²) in [5.74, 6) is 2.58. The summed E-state index contributed by atoms with van der Waals surface area (Å²) < 4.78 is 11.6. The number of pyridine rings is 1. The van der Waals surface area contributed by atoms with Crippen molar-refractivity contribution in [2.24, 2.45) is 0 Å². The topological polar surface area (TPSA) is 84.4 Å². The molecule has 0 unspecified atom stereocenters. The van der Waals surface area contributed by atoms with Crippen molar-refractivity contribution in [1.29, 1.82) is 0 Å². The average Bonchev–Trinajstić information content (AvgIpc) is 2.92. The van der Waals surface area contributed by atoms with E-state index in [2.05, 4.69) is 30.5 Å². The van der Waals surface area contributed by atoms with Crippen LogP contribution in [-0.2, 0) is 0 Å². The molecule has 0 spiro atoms. The van der Waals surface area contributed by atoms with Gasteiger partial charge in [-0.05, 0) is 68.8 Å². The van der Waals surface area contributed by atoms with Gasteiger partial charge < -0.3 is 25.0 Å². The molecule has 2 N–H and O–H groups in total. The van der Waals surface area contributed by atoms with Gasteiger partial charge in [0.1, 0.15) is 5.82 Å². The SMILES string of the molecule is COc1cc(Nc2nccc(Nc3ccc4cccnc4c3)n2)ccc1OCCCN1CCCCC1. The number of nitrogens with one attached hydrogen (secondary N) is 2. The molecule has 1 aliphatic rings. The van der Waals surface area contributed by atoms with Crippen LogP contribution in [0.2, 0.25) is 0 Å². The van der Waals surface area contributed by atoms with Crippen LogP contribution < -0.4 is 20.1 Å². The first-order chi connectivity index (χ1) is 17.8. The number of likely N-dealkylation sites (tertiary alicyclic amines) is 1. The second-order valence-corrected chi connectivity index (χ2v) is 8.90. The van der Waals surface area contributed by atoms with Crippen LogP contribution in [-0.4, -0.2) is 53.2 Å². The molecular formula is C28H32N6O2. The van der Waals surface area contributed by atoms with Gasteiger partial charge in [0.15, 0.2) is 11.5 Å². The van der Waals surface area contributed by atoms with Crippen LogP contribution in [0.3, 0.4) is 0 Å². The third-order valence-electron chi connectivity index (χ3n) is 6.28. The molecule has 3 heterocycles. The number of nitrogens with zero attached hydrogens (tertiary/aromatic N) is 4. The summed E-state index contributed by atoms with van der Waals surface area (Å²) >= 11 is 0. The number of hydrogen-bond acceptors (Lipinski definition) is 8. The van der Waals surface area contributed by atoms with E-state index in [1.54, 1.807) is 19.5 Å². The van der Waals surface area contributed by atoms with Crippen LogP contribution in [0, 0.1) is 0 Å². The van der Waals surface area contributed by atoms with Crippen LogP contribution >= 0.6 is 0 Å². The standard InChI is InChI=1S/C28H32N6O2/c1-35-26-20-23(10-11-25(26)36-18-6-17-34-15-3-2-4-16-34)32-28-30-14-12-27(33-28)31-22-9-8-21-7-5-13-29-24(21)19-22/h5,7-14,19-20H,2-4,6,15-18H2,1H3,(H2,30,31,32,33).